The first-order valence-corrected chi connectivity index (χ1v) is 10.0. The summed E-state index contributed by atoms with van der Waals surface area (Å²) in [6, 6.07) is 11.3. The largest absolute Gasteiger partial charge is 0.356 e. The zero-order valence-electron chi connectivity index (χ0n) is 16.2. The molecule has 0 radical (unpaired) electrons. The first-order chi connectivity index (χ1) is 14.6. The molecule has 0 aliphatic carbocycles. The Bertz CT molecular complexity index is 1090. The van der Waals surface area contributed by atoms with Gasteiger partial charge in [-0.1, -0.05) is 29.8 Å². The van der Waals surface area contributed by atoms with E-state index in [0.29, 0.717) is 34.3 Å². The Kier molecular flexibility index (Phi) is 4.80. The molecular weight excluding hydrogens is 389 g/mol. The number of amides is 2. The quantitative estimate of drug-likeness (QED) is 0.598. The number of carbonyl (C=O) groups excluding carboxylic acids is 2. The summed E-state index contributed by atoms with van der Waals surface area (Å²) in [6.07, 6.45) is 2.83. The van der Waals surface area contributed by atoms with Crippen molar-refractivity contribution in [3.63, 3.8) is 0 Å². The molecule has 1 unspecified atom stereocenters. The fourth-order valence-electron chi connectivity index (χ4n) is 4.30. The van der Waals surface area contributed by atoms with Crippen LogP contribution >= 0.6 is 0 Å². The van der Waals surface area contributed by atoms with Crippen molar-refractivity contribution in [2.24, 2.45) is 0 Å². The predicted octanol–water partition coefficient (Wildman–Crippen LogP) is 3.72. The van der Waals surface area contributed by atoms with Gasteiger partial charge >= 0.3 is 0 Å². The Balaban J connectivity index is 1.30. The molecule has 0 spiro atoms. The number of rotatable bonds is 5. The third-order valence-electron chi connectivity index (χ3n) is 5.76. The van der Waals surface area contributed by atoms with E-state index in [1.807, 2.05) is 0 Å². The minimum atomic E-state index is -0.449. The molecule has 1 fully saturated rings. The average Bonchev–Trinajstić information content (AvgIpc) is 3.30. The van der Waals surface area contributed by atoms with Crippen LogP contribution < -0.4 is 0 Å². The summed E-state index contributed by atoms with van der Waals surface area (Å²) in [6.45, 7) is 1.42. The Morgan fingerprint density at radius 3 is 2.60 bits per heavy atom. The van der Waals surface area contributed by atoms with Crippen molar-refractivity contribution < 1.29 is 23.3 Å². The van der Waals surface area contributed by atoms with Crippen LogP contribution in [0, 0.1) is 5.82 Å². The molecule has 154 valence electrons. The number of benzene rings is 2. The van der Waals surface area contributed by atoms with Gasteiger partial charge in [0.2, 0.25) is 0 Å². The topological polar surface area (TPSA) is 75.9 Å². The van der Waals surface area contributed by atoms with Gasteiger partial charge in [-0.3, -0.25) is 19.3 Å². The molecule has 1 aromatic heterocycles. The van der Waals surface area contributed by atoms with Crippen LogP contribution in [-0.2, 0) is 4.84 Å². The summed E-state index contributed by atoms with van der Waals surface area (Å²) in [4.78, 5) is 32.6. The van der Waals surface area contributed by atoms with E-state index >= 15 is 0 Å². The first-order valence-electron chi connectivity index (χ1n) is 10.0. The second-order valence-electron chi connectivity index (χ2n) is 7.51. The maximum Gasteiger partial charge on any atom is 0.285 e. The second-order valence-corrected chi connectivity index (χ2v) is 7.51. The lowest BCUT2D eigenvalue weighted by Crippen LogP contribution is -2.38. The molecule has 5 rings (SSSR count). The van der Waals surface area contributed by atoms with Crippen molar-refractivity contribution in [1.82, 2.24) is 15.1 Å². The lowest BCUT2D eigenvalue weighted by atomic mass is 9.97. The summed E-state index contributed by atoms with van der Waals surface area (Å²) >= 11 is 0. The van der Waals surface area contributed by atoms with Crippen LogP contribution in [0.3, 0.4) is 0 Å². The number of halogens is 1. The molecule has 0 bridgehead atoms. The Labute approximate surface area is 171 Å². The molecule has 0 saturated carbocycles. The fraction of sp³-hybridized carbons (Fsp3) is 0.318. The number of imide groups is 1. The van der Waals surface area contributed by atoms with Crippen molar-refractivity contribution in [2.75, 3.05) is 19.7 Å². The van der Waals surface area contributed by atoms with Gasteiger partial charge in [-0.15, -0.1) is 5.06 Å². The van der Waals surface area contributed by atoms with E-state index in [-0.39, 0.29) is 18.5 Å². The standard InChI is InChI=1S/C22H20FN3O4/c23-16-8-5-10-18-19(16)20(24-30-18)17-9-3-4-11-25(17)12-13-29-26-21(27)14-6-1-2-7-15(14)22(26)28/h1-2,5-8,10,17H,3-4,9,11-13H2. The fourth-order valence-corrected chi connectivity index (χ4v) is 4.30. The summed E-state index contributed by atoms with van der Waals surface area (Å²) in [5.41, 5.74) is 1.71. The van der Waals surface area contributed by atoms with Crippen LogP contribution in [-0.4, -0.2) is 46.6 Å². The van der Waals surface area contributed by atoms with Crippen LogP contribution in [0.4, 0.5) is 4.39 Å². The molecule has 3 aromatic rings. The molecule has 30 heavy (non-hydrogen) atoms. The molecule has 2 aliphatic rings. The Hall–Kier alpha value is -3.10. The summed E-state index contributed by atoms with van der Waals surface area (Å²) in [5.74, 6) is -1.25. The molecule has 2 amide bonds. The highest BCUT2D eigenvalue weighted by Crippen LogP contribution is 2.35. The predicted molar refractivity (Wildman–Crippen MR) is 105 cm³/mol. The number of fused-ring (bicyclic) bond motifs is 2. The van der Waals surface area contributed by atoms with Gasteiger partial charge < -0.3 is 4.52 Å². The van der Waals surface area contributed by atoms with Crippen molar-refractivity contribution in [1.29, 1.82) is 0 Å². The SMILES string of the molecule is O=C1c2ccccc2C(=O)N1OCCN1CCCCC1c1noc2cccc(F)c12. The lowest BCUT2D eigenvalue weighted by Gasteiger charge is -2.34. The zero-order chi connectivity index (χ0) is 20.7. The molecule has 7 nitrogen and oxygen atoms in total. The van der Waals surface area contributed by atoms with E-state index < -0.39 is 11.8 Å². The first kappa shape index (κ1) is 18.9. The van der Waals surface area contributed by atoms with Crippen LogP contribution in [0.2, 0.25) is 0 Å². The molecule has 2 aliphatic heterocycles. The molecule has 3 heterocycles. The third-order valence-corrected chi connectivity index (χ3v) is 5.76. The third kappa shape index (κ3) is 3.09. The minimum absolute atomic E-state index is 0.109. The molecule has 0 N–H and O–H groups in total. The number of likely N-dealkylation sites (tertiary alicyclic amines) is 1. The van der Waals surface area contributed by atoms with Gasteiger partial charge in [0.25, 0.3) is 11.8 Å². The number of hydrogen-bond acceptors (Lipinski definition) is 6. The van der Waals surface area contributed by atoms with Gasteiger partial charge in [0.05, 0.1) is 29.2 Å². The van der Waals surface area contributed by atoms with E-state index in [0.717, 1.165) is 30.9 Å². The summed E-state index contributed by atoms with van der Waals surface area (Å²) < 4.78 is 19.7. The van der Waals surface area contributed by atoms with Crippen molar-refractivity contribution >= 4 is 22.8 Å². The van der Waals surface area contributed by atoms with Crippen LogP contribution in [0.25, 0.3) is 11.0 Å². The molecule has 8 heteroatoms. The van der Waals surface area contributed by atoms with E-state index in [2.05, 4.69) is 10.1 Å². The number of piperidine rings is 1. The van der Waals surface area contributed by atoms with Crippen molar-refractivity contribution in [3.8, 4) is 0 Å². The van der Waals surface area contributed by atoms with Crippen LogP contribution in [0.1, 0.15) is 51.7 Å². The van der Waals surface area contributed by atoms with Crippen LogP contribution in [0.5, 0.6) is 0 Å². The average molecular weight is 409 g/mol. The Morgan fingerprint density at radius 2 is 1.83 bits per heavy atom. The van der Waals surface area contributed by atoms with Gasteiger partial charge in [-0.05, 0) is 43.7 Å². The molecular formula is C22H20FN3O4. The van der Waals surface area contributed by atoms with Gasteiger partial charge in [0.1, 0.15) is 11.5 Å². The smallest absolute Gasteiger partial charge is 0.285 e. The minimum Gasteiger partial charge on any atom is -0.356 e. The second kappa shape index (κ2) is 7.62. The van der Waals surface area contributed by atoms with Crippen molar-refractivity contribution in [2.45, 2.75) is 25.3 Å². The number of carbonyl (C=O) groups is 2. The molecule has 1 atom stereocenters. The summed E-state index contributed by atoms with van der Waals surface area (Å²) in [7, 11) is 0. The maximum absolute atomic E-state index is 14.4. The normalized spacial score (nSPS) is 19.6. The van der Waals surface area contributed by atoms with E-state index in [9.17, 15) is 14.0 Å². The number of aromatic nitrogens is 1. The highest BCUT2D eigenvalue weighted by Gasteiger charge is 2.37. The van der Waals surface area contributed by atoms with E-state index in [1.54, 1.807) is 36.4 Å². The van der Waals surface area contributed by atoms with Gasteiger partial charge in [-0.25, -0.2) is 4.39 Å². The highest BCUT2D eigenvalue weighted by atomic mass is 19.1. The Morgan fingerprint density at radius 1 is 1.07 bits per heavy atom. The molecule has 1 saturated heterocycles. The summed E-state index contributed by atoms with van der Waals surface area (Å²) in [5, 5.41) is 5.39. The number of nitrogens with zero attached hydrogens (tertiary/aromatic N) is 3. The molecule has 2 aromatic carbocycles. The maximum atomic E-state index is 14.4. The lowest BCUT2D eigenvalue weighted by molar-refractivity contribution is -0.0987. The van der Waals surface area contributed by atoms with Crippen molar-refractivity contribution in [3.05, 3.63) is 65.1 Å². The number of hydroxylamine groups is 2. The monoisotopic (exact) mass is 409 g/mol. The van der Waals surface area contributed by atoms with Gasteiger partial charge in [-0.2, -0.15) is 0 Å². The number of hydrogen-bond donors (Lipinski definition) is 0. The van der Waals surface area contributed by atoms with E-state index in [1.165, 1.54) is 6.07 Å². The van der Waals surface area contributed by atoms with Gasteiger partial charge in [0, 0.05) is 6.54 Å². The van der Waals surface area contributed by atoms with E-state index in [4.69, 9.17) is 9.36 Å². The van der Waals surface area contributed by atoms with Crippen LogP contribution in [0.15, 0.2) is 47.0 Å². The van der Waals surface area contributed by atoms with Gasteiger partial charge in [0.15, 0.2) is 5.58 Å². The zero-order valence-corrected chi connectivity index (χ0v) is 16.2. The highest BCUT2D eigenvalue weighted by molar-refractivity contribution is 6.20.